The fourth-order valence-electron chi connectivity index (χ4n) is 3.23. The molecule has 1 amide bonds. The number of hydrogen-bond acceptors (Lipinski definition) is 4. The molecule has 29 heavy (non-hydrogen) atoms. The van der Waals surface area contributed by atoms with Gasteiger partial charge in [-0.05, 0) is 43.0 Å². The third-order valence-electron chi connectivity index (χ3n) is 4.72. The number of hydrogen-bond donors (Lipinski definition) is 1. The quantitative estimate of drug-likeness (QED) is 0.705. The van der Waals surface area contributed by atoms with Crippen molar-refractivity contribution in [2.45, 2.75) is 19.0 Å². The molecule has 1 aromatic heterocycles. The molecule has 156 valence electrons. The number of benzene rings is 1. The summed E-state index contributed by atoms with van der Waals surface area (Å²) in [5.41, 5.74) is 3.13. The fourth-order valence-corrected chi connectivity index (χ4v) is 3.38. The number of ether oxygens (including phenoxy) is 1. The third kappa shape index (κ3) is 4.97. The first kappa shape index (κ1) is 21.3. The van der Waals surface area contributed by atoms with Gasteiger partial charge in [0.25, 0.3) is 5.91 Å². The topological polar surface area (TPSA) is 68.5 Å². The van der Waals surface area contributed by atoms with Gasteiger partial charge in [0.05, 0.1) is 16.8 Å². The maximum absolute atomic E-state index is 14.6. The van der Waals surface area contributed by atoms with E-state index in [4.69, 9.17) is 22.1 Å². The number of carbonyl (C=O) groups is 1. The molecule has 2 aromatic rings. The number of nitrogens with zero attached hydrogens (tertiary/aromatic N) is 2. The maximum atomic E-state index is 14.6. The highest BCUT2D eigenvalue weighted by atomic mass is 35.5. The summed E-state index contributed by atoms with van der Waals surface area (Å²) < 4.78 is 60.4. The average Bonchev–Trinajstić information content (AvgIpc) is 2.66. The van der Waals surface area contributed by atoms with Crippen LogP contribution in [0.5, 0.6) is 0 Å². The molecule has 1 aliphatic heterocycles. The van der Waals surface area contributed by atoms with Crippen molar-refractivity contribution in [3.63, 3.8) is 0 Å². The first-order valence-electron chi connectivity index (χ1n) is 8.84. The number of aromatic nitrogens is 1. The molecule has 0 spiro atoms. The molecule has 5 nitrogen and oxygen atoms in total. The smallest absolute Gasteiger partial charge is 0.381 e. The van der Waals surface area contributed by atoms with Crippen LogP contribution in [0.1, 0.15) is 28.8 Å². The minimum atomic E-state index is -4.83. The summed E-state index contributed by atoms with van der Waals surface area (Å²) in [4.78, 5) is 16.7. The molecular formula is C19H18ClF4N3O2. The molecule has 3 rings (SSSR count). The monoisotopic (exact) mass is 431 g/mol. The van der Waals surface area contributed by atoms with Crippen molar-refractivity contribution in [2.75, 3.05) is 24.7 Å². The van der Waals surface area contributed by atoms with E-state index in [0.717, 1.165) is 12.3 Å². The average molecular weight is 432 g/mol. The van der Waals surface area contributed by atoms with Crippen molar-refractivity contribution >= 4 is 29.0 Å². The molecule has 0 unspecified atom stereocenters. The lowest BCUT2D eigenvalue weighted by atomic mass is 9.99. The molecule has 1 fully saturated rings. The lowest BCUT2D eigenvalue weighted by Gasteiger charge is -2.31. The first-order chi connectivity index (χ1) is 13.7. The summed E-state index contributed by atoms with van der Waals surface area (Å²) in [6, 6.07) is 4.62. The van der Waals surface area contributed by atoms with E-state index in [1.165, 1.54) is 17.0 Å². The Bertz CT molecular complexity index is 902. The van der Waals surface area contributed by atoms with Crippen LogP contribution in [-0.2, 0) is 10.9 Å². The van der Waals surface area contributed by atoms with Crippen LogP contribution in [0, 0.1) is 11.7 Å². The van der Waals surface area contributed by atoms with Gasteiger partial charge in [0.15, 0.2) is 0 Å². The van der Waals surface area contributed by atoms with Crippen LogP contribution < -0.4 is 10.6 Å². The summed E-state index contributed by atoms with van der Waals surface area (Å²) >= 11 is 5.81. The molecule has 1 aliphatic rings. The van der Waals surface area contributed by atoms with E-state index < -0.39 is 29.0 Å². The van der Waals surface area contributed by atoms with Crippen molar-refractivity contribution in [2.24, 2.45) is 11.7 Å². The predicted octanol–water partition coefficient (Wildman–Crippen LogP) is 4.56. The lowest BCUT2D eigenvalue weighted by molar-refractivity contribution is -0.137. The molecule has 1 saturated heterocycles. The Morgan fingerprint density at radius 2 is 1.97 bits per heavy atom. The second-order valence-corrected chi connectivity index (χ2v) is 7.15. The van der Waals surface area contributed by atoms with Crippen LogP contribution in [0.25, 0.3) is 0 Å². The largest absolute Gasteiger partial charge is 0.417 e. The van der Waals surface area contributed by atoms with E-state index in [-0.39, 0.29) is 29.0 Å². The second kappa shape index (κ2) is 8.54. The zero-order valence-electron chi connectivity index (χ0n) is 15.2. The highest BCUT2D eigenvalue weighted by Gasteiger charge is 2.36. The molecule has 0 radical (unpaired) electrons. The summed E-state index contributed by atoms with van der Waals surface area (Å²) in [5, 5.41) is 0.158. The minimum Gasteiger partial charge on any atom is -0.381 e. The van der Waals surface area contributed by atoms with Gasteiger partial charge in [0, 0.05) is 31.0 Å². The van der Waals surface area contributed by atoms with Crippen molar-refractivity contribution < 1.29 is 27.1 Å². The van der Waals surface area contributed by atoms with E-state index in [1.54, 1.807) is 0 Å². The Balaban J connectivity index is 2.08. The van der Waals surface area contributed by atoms with E-state index in [2.05, 4.69) is 4.98 Å². The van der Waals surface area contributed by atoms with E-state index >= 15 is 0 Å². The Kier molecular flexibility index (Phi) is 6.28. The van der Waals surface area contributed by atoms with Crippen molar-refractivity contribution in [3.8, 4) is 0 Å². The lowest BCUT2D eigenvalue weighted by Crippen LogP contribution is -2.31. The molecule has 0 atom stereocenters. The fraction of sp³-hybridized carbons (Fsp3) is 0.368. The number of anilines is 2. The summed E-state index contributed by atoms with van der Waals surface area (Å²) in [7, 11) is 0. The van der Waals surface area contributed by atoms with Crippen LogP contribution in [0.2, 0.25) is 5.02 Å². The number of amides is 1. The molecule has 0 saturated carbocycles. The number of alkyl halides is 3. The normalized spacial score (nSPS) is 15.3. The van der Waals surface area contributed by atoms with Gasteiger partial charge in [0.2, 0.25) is 0 Å². The molecule has 10 heteroatoms. The summed E-state index contributed by atoms with van der Waals surface area (Å²) in [6.07, 6.45) is -2.70. The Morgan fingerprint density at radius 1 is 1.28 bits per heavy atom. The molecule has 1 aromatic carbocycles. The van der Waals surface area contributed by atoms with Gasteiger partial charge in [-0.25, -0.2) is 9.37 Å². The van der Waals surface area contributed by atoms with Gasteiger partial charge in [-0.2, -0.15) is 13.2 Å². The Morgan fingerprint density at radius 3 is 2.55 bits per heavy atom. The highest BCUT2D eigenvalue weighted by Crippen LogP contribution is 2.37. The predicted molar refractivity (Wildman–Crippen MR) is 99.7 cm³/mol. The number of primary amides is 1. The Hall–Kier alpha value is -2.39. The van der Waals surface area contributed by atoms with E-state index in [1.807, 2.05) is 0 Å². The van der Waals surface area contributed by atoms with Crippen molar-refractivity contribution in [3.05, 3.63) is 52.4 Å². The van der Waals surface area contributed by atoms with Gasteiger partial charge >= 0.3 is 6.18 Å². The standard InChI is InChI=1S/C19H18ClF4N3O2/c20-12-1-2-16(15(21)7-12)27(10-11-3-5-29-6-4-11)17-8-14(19(22,23)24)13(9-26-17)18(25)28/h1-2,7-9,11H,3-6,10H2,(H2,25,28). The van der Waals surface area contributed by atoms with Gasteiger partial charge in [0.1, 0.15) is 11.6 Å². The zero-order valence-corrected chi connectivity index (χ0v) is 15.9. The number of pyridine rings is 1. The van der Waals surface area contributed by atoms with Gasteiger partial charge in [-0.3, -0.25) is 4.79 Å². The van der Waals surface area contributed by atoms with Gasteiger partial charge in [-0.15, -0.1) is 0 Å². The molecule has 2 heterocycles. The van der Waals surface area contributed by atoms with E-state index in [0.29, 0.717) is 32.1 Å². The van der Waals surface area contributed by atoms with Crippen LogP contribution in [0.15, 0.2) is 30.5 Å². The summed E-state index contributed by atoms with van der Waals surface area (Å²) in [6.45, 7) is 1.26. The molecule has 2 N–H and O–H groups in total. The SMILES string of the molecule is NC(=O)c1cnc(N(CC2CCOCC2)c2ccc(Cl)cc2F)cc1C(F)(F)F. The highest BCUT2D eigenvalue weighted by molar-refractivity contribution is 6.30. The van der Waals surface area contributed by atoms with Gasteiger partial charge in [-0.1, -0.05) is 11.6 Å². The second-order valence-electron chi connectivity index (χ2n) is 6.71. The zero-order chi connectivity index (χ0) is 21.2. The molecule has 0 bridgehead atoms. The number of rotatable bonds is 5. The number of halogens is 5. The van der Waals surface area contributed by atoms with Crippen molar-refractivity contribution in [1.82, 2.24) is 4.98 Å². The van der Waals surface area contributed by atoms with Crippen LogP contribution in [0.3, 0.4) is 0 Å². The first-order valence-corrected chi connectivity index (χ1v) is 9.22. The van der Waals surface area contributed by atoms with Crippen LogP contribution >= 0.6 is 11.6 Å². The third-order valence-corrected chi connectivity index (χ3v) is 4.95. The molecule has 0 aliphatic carbocycles. The number of carbonyl (C=O) groups excluding carboxylic acids is 1. The molecular weight excluding hydrogens is 414 g/mol. The number of nitrogens with two attached hydrogens (primary N) is 1. The Labute approximate surface area is 169 Å². The maximum Gasteiger partial charge on any atom is 0.417 e. The van der Waals surface area contributed by atoms with Crippen LogP contribution in [0.4, 0.5) is 29.1 Å². The van der Waals surface area contributed by atoms with Gasteiger partial charge < -0.3 is 15.4 Å². The van der Waals surface area contributed by atoms with E-state index in [9.17, 15) is 22.4 Å². The van der Waals surface area contributed by atoms with Crippen LogP contribution in [-0.4, -0.2) is 30.6 Å². The minimum absolute atomic E-state index is 0.0355. The summed E-state index contributed by atoms with van der Waals surface area (Å²) in [5.74, 6) is -2.02. The van der Waals surface area contributed by atoms with Crippen molar-refractivity contribution in [1.29, 1.82) is 0 Å².